The lowest BCUT2D eigenvalue weighted by Crippen LogP contribution is -1.87. The highest BCUT2D eigenvalue weighted by Gasteiger charge is 2.08. The molecule has 0 unspecified atom stereocenters. The molecule has 0 aliphatic heterocycles. The van der Waals surface area contributed by atoms with E-state index in [-0.39, 0.29) is 0 Å². The van der Waals surface area contributed by atoms with E-state index >= 15 is 0 Å². The molecule has 2 rings (SSSR count). The second kappa shape index (κ2) is 4.71. The van der Waals surface area contributed by atoms with Gasteiger partial charge >= 0.3 is 0 Å². The Labute approximate surface area is 104 Å². The number of hydrogen-bond donors (Lipinski definition) is 1. The average Bonchev–Trinajstić information content (AvgIpc) is 2.32. The summed E-state index contributed by atoms with van der Waals surface area (Å²) in [5.74, 6) is 0.323. The summed E-state index contributed by atoms with van der Waals surface area (Å²) < 4.78 is 0.978. The van der Waals surface area contributed by atoms with Gasteiger partial charge in [0.2, 0.25) is 0 Å². The fourth-order valence-electron chi connectivity index (χ4n) is 1.82. The van der Waals surface area contributed by atoms with Crippen LogP contribution in [0.2, 0.25) is 0 Å². The molecule has 16 heavy (non-hydrogen) atoms. The van der Waals surface area contributed by atoms with E-state index in [1.807, 2.05) is 30.3 Å². The van der Waals surface area contributed by atoms with Gasteiger partial charge in [-0.2, -0.15) is 0 Å². The van der Waals surface area contributed by atoms with Crippen LogP contribution in [0.5, 0.6) is 5.75 Å². The van der Waals surface area contributed by atoms with Gasteiger partial charge < -0.3 is 5.11 Å². The van der Waals surface area contributed by atoms with Crippen LogP contribution in [-0.4, -0.2) is 5.11 Å². The summed E-state index contributed by atoms with van der Waals surface area (Å²) in [4.78, 5) is 0. The van der Waals surface area contributed by atoms with Gasteiger partial charge in [0.05, 0.1) is 0 Å². The minimum atomic E-state index is 0.323. The van der Waals surface area contributed by atoms with Crippen molar-refractivity contribution in [2.24, 2.45) is 0 Å². The van der Waals surface area contributed by atoms with Gasteiger partial charge in [-0.3, -0.25) is 0 Å². The van der Waals surface area contributed by atoms with E-state index in [4.69, 9.17) is 0 Å². The first-order valence-electron chi connectivity index (χ1n) is 5.29. The van der Waals surface area contributed by atoms with Gasteiger partial charge in [-0.15, -0.1) is 0 Å². The Bertz CT molecular complexity index is 506. The van der Waals surface area contributed by atoms with Gasteiger partial charge in [0, 0.05) is 10.0 Å². The summed E-state index contributed by atoms with van der Waals surface area (Å²) in [6.07, 6.45) is 0.960. The van der Waals surface area contributed by atoms with E-state index in [1.54, 1.807) is 6.07 Å². The zero-order chi connectivity index (χ0) is 11.5. The Morgan fingerprint density at radius 1 is 1.06 bits per heavy atom. The molecule has 0 aromatic heterocycles. The second-order valence-corrected chi connectivity index (χ2v) is 4.59. The Kier molecular flexibility index (Phi) is 3.30. The van der Waals surface area contributed by atoms with Crippen LogP contribution in [0.3, 0.4) is 0 Å². The maximum absolute atomic E-state index is 9.89. The molecule has 82 valence electrons. The number of halogens is 1. The number of phenols is 1. The van der Waals surface area contributed by atoms with E-state index in [2.05, 4.69) is 28.9 Å². The van der Waals surface area contributed by atoms with Crippen LogP contribution in [0.4, 0.5) is 0 Å². The maximum Gasteiger partial charge on any atom is 0.123 e. The van der Waals surface area contributed by atoms with Crippen molar-refractivity contribution in [3.05, 3.63) is 52.5 Å². The molecule has 2 heteroatoms. The Morgan fingerprint density at radius 2 is 1.81 bits per heavy atom. The number of benzene rings is 2. The van der Waals surface area contributed by atoms with Crippen molar-refractivity contribution < 1.29 is 5.11 Å². The van der Waals surface area contributed by atoms with E-state index in [0.717, 1.165) is 22.0 Å². The SMILES string of the molecule is CCc1ccccc1-c1cc(Br)ccc1O. The second-order valence-electron chi connectivity index (χ2n) is 3.67. The summed E-state index contributed by atoms with van der Waals surface area (Å²) in [6, 6.07) is 13.7. The fourth-order valence-corrected chi connectivity index (χ4v) is 2.18. The molecular weight excluding hydrogens is 264 g/mol. The molecule has 0 radical (unpaired) electrons. The molecule has 1 N–H and O–H groups in total. The van der Waals surface area contributed by atoms with Crippen LogP contribution in [0.15, 0.2) is 46.9 Å². The van der Waals surface area contributed by atoms with Crippen LogP contribution in [0, 0.1) is 0 Å². The van der Waals surface area contributed by atoms with E-state index in [9.17, 15) is 5.11 Å². The molecular formula is C14H13BrO. The first kappa shape index (κ1) is 11.2. The molecule has 0 atom stereocenters. The van der Waals surface area contributed by atoms with Crippen molar-refractivity contribution in [1.29, 1.82) is 0 Å². The third-order valence-electron chi connectivity index (χ3n) is 2.65. The van der Waals surface area contributed by atoms with Crippen LogP contribution >= 0.6 is 15.9 Å². The van der Waals surface area contributed by atoms with E-state index in [0.29, 0.717) is 5.75 Å². The topological polar surface area (TPSA) is 20.2 Å². The van der Waals surface area contributed by atoms with Crippen LogP contribution in [0.25, 0.3) is 11.1 Å². The van der Waals surface area contributed by atoms with Crippen molar-refractivity contribution in [1.82, 2.24) is 0 Å². The monoisotopic (exact) mass is 276 g/mol. The molecule has 0 aliphatic carbocycles. The quantitative estimate of drug-likeness (QED) is 0.863. The minimum absolute atomic E-state index is 0.323. The predicted octanol–water partition coefficient (Wildman–Crippen LogP) is 4.38. The zero-order valence-electron chi connectivity index (χ0n) is 9.07. The molecule has 0 fully saturated rings. The first-order chi connectivity index (χ1) is 7.72. The van der Waals surface area contributed by atoms with Crippen molar-refractivity contribution in [2.75, 3.05) is 0 Å². The maximum atomic E-state index is 9.89. The third kappa shape index (κ3) is 2.12. The molecule has 0 saturated heterocycles. The molecule has 0 saturated carbocycles. The lowest BCUT2D eigenvalue weighted by molar-refractivity contribution is 0.477. The molecule has 1 nitrogen and oxygen atoms in total. The highest BCUT2D eigenvalue weighted by molar-refractivity contribution is 9.10. The number of aryl methyl sites for hydroxylation is 1. The Hall–Kier alpha value is -1.28. The van der Waals surface area contributed by atoms with Crippen molar-refractivity contribution in [3.63, 3.8) is 0 Å². The molecule has 0 bridgehead atoms. The van der Waals surface area contributed by atoms with Crippen LogP contribution in [-0.2, 0) is 6.42 Å². The van der Waals surface area contributed by atoms with Crippen molar-refractivity contribution in [2.45, 2.75) is 13.3 Å². The molecule has 0 heterocycles. The Morgan fingerprint density at radius 3 is 2.56 bits per heavy atom. The fraction of sp³-hybridized carbons (Fsp3) is 0.143. The van der Waals surface area contributed by atoms with Gasteiger partial charge in [0.1, 0.15) is 5.75 Å². The van der Waals surface area contributed by atoms with Crippen LogP contribution < -0.4 is 0 Å². The molecule has 2 aromatic carbocycles. The van der Waals surface area contributed by atoms with E-state index in [1.165, 1.54) is 5.56 Å². The number of phenolic OH excluding ortho intramolecular Hbond substituents is 1. The number of hydrogen-bond acceptors (Lipinski definition) is 1. The number of rotatable bonds is 2. The summed E-state index contributed by atoms with van der Waals surface area (Å²) >= 11 is 3.43. The summed E-state index contributed by atoms with van der Waals surface area (Å²) in [7, 11) is 0. The number of aromatic hydroxyl groups is 1. The normalized spacial score (nSPS) is 10.4. The highest BCUT2D eigenvalue weighted by Crippen LogP contribution is 2.33. The van der Waals surface area contributed by atoms with Crippen LogP contribution in [0.1, 0.15) is 12.5 Å². The first-order valence-corrected chi connectivity index (χ1v) is 6.08. The van der Waals surface area contributed by atoms with Gasteiger partial charge in [0.15, 0.2) is 0 Å². The molecule has 0 spiro atoms. The lowest BCUT2D eigenvalue weighted by atomic mass is 9.97. The van der Waals surface area contributed by atoms with Gasteiger partial charge in [-0.05, 0) is 35.7 Å². The summed E-state index contributed by atoms with van der Waals surface area (Å²) in [6.45, 7) is 2.12. The van der Waals surface area contributed by atoms with Crippen molar-refractivity contribution in [3.8, 4) is 16.9 Å². The van der Waals surface area contributed by atoms with Gasteiger partial charge in [-0.25, -0.2) is 0 Å². The van der Waals surface area contributed by atoms with Gasteiger partial charge in [-0.1, -0.05) is 47.1 Å². The summed E-state index contributed by atoms with van der Waals surface area (Å²) in [5.41, 5.74) is 3.23. The molecule has 0 aliphatic rings. The zero-order valence-corrected chi connectivity index (χ0v) is 10.7. The third-order valence-corrected chi connectivity index (χ3v) is 3.14. The molecule has 0 amide bonds. The standard InChI is InChI=1S/C14H13BrO/c1-2-10-5-3-4-6-12(10)13-9-11(15)7-8-14(13)16/h3-9,16H,2H2,1H3. The lowest BCUT2D eigenvalue weighted by Gasteiger charge is -2.10. The van der Waals surface area contributed by atoms with Crippen molar-refractivity contribution >= 4 is 15.9 Å². The van der Waals surface area contributed by atoms with Gasteiger partial charge in [0.25, 0.3) is 0 Å². The smallest absolute Gasteiger partial charge is 0.123 e. The predicted molar refractivity (Wildman–Crippen MR) is 70.6 cm³/mol. The van der Waals surface area contributed by atoms with E-state index < -0.39 is 0 Å². The Balaban J connectivity index is 2.62. The molecule has 2 aromatic rings. The largest absolute Gasteiger partial charge is 0.507 e. The highest BCUT2D eigenvalue weighted by atomic mass is 79.9. The minimum Gasteiger partial charge on any atom is -0.507 e. The summed E-state index contributed by atoms with van der Waals surface area (Å²) in [5, 5.41) is 9.89. The average molecular weight is 277 g/mol.